The maximum Gasteiger partial charge on any atom is 0.276 e. The number of carbonyl (C=O) groups excluding carboxylic acids is 2. The van der Waals surface area contributed by atoms with E-state index in [1.807, 2.05) is 0 Å². The summed E-state index contributed by atoms with van der Waals surface area (Å²) in [5.74, 6) is 1.44. The van der Waals surface area contributed by atoms with Crippen molar-refractivity contribution in [2.45, 2.75) is 32.1 Å². The van der Waals surface area contributed by atoms with Crippen LogP contribution in [-0.2, 0) is 11.8 Å². The molecule has 8 heteroatoms. The van der Waals surface area contributed by atoms with E-state index in [-0.39, 0.29) is 30.2 Å². The van der Waals surface area contributed by atoms with Crippen LogP contribution in [0.15, 0.2) is 24.3 Å². The third kappa shape index (κ3) is 3.74. The molecule has 2 aliphatic rings. The second kappa shape index (κ2) is 7.30. The molecule has 8 nitrogen and oxygen atoms in total. The summed E-state index contributed by atoms with van der Waals surface area (Å²) < 4.78 is 12.1. The highest BCUT2D eigenvalue weighted by molar-refractivity contribution is 6.04. The van der Waals surface area contributed by atoms with Gasteiger partial charge in [0.1, 0.15) is 5.82 Å². The van der Waals surface area contributed by atoms with Gasteiger partial charge in [-0.3, -0.25) is 14.3 Å². The van der Waals surface area contributed by atoms with E-state index in [4.69, 9.17) is 9.47 Å². The summed E-state index contributed by atoms with van der Waals surface area (Å²) in [5.41, 5.74) is 0.816. The highest BCUT2D eigenvalue weighted by Gasteiger charge is 2.23. The quantitative estimate of drug-likeness (QED) is 0.863. The molecule has 0 spiro atoms. The lowest BCUT2D eigenvalue weighted by atomic mass is 9.89. The molecule has 4 rings (SSSR count). The Morgan fingerprint density at radius 1 is 1.07 bits per heavy atom. The predicted molar refractivity (Wildman–Crippen MR) is 98.9 cm³/mol. The number of aromatic nitrogens is 2. The van der Waals surface area contributed by atoms with Crippen LogP contribution in [-0.4, -0.2) is 28.4 Å². The molecule has 1 aliphatic heterocycles. The van der Waals surface area contributed by atoms with Gasteiger partial charge in [-0.25, -0.2) is 0 Å². The van der Waals surface area contributed by atoms with Crippen LogP contribution in [0, 0.1) is 5.92 Å². The summed E-state index contributed by atoms with van der Waals surface area (Å²) in [6.07, 6.45) is 5.21. The van der Waals surface area contributed by atoms with Gasteiger partial charge in [0.05, 0.1) is 0 Å². The molecule has 142 valence electrons. The summed E-state index contributed by atoms with van der Waals surface area (Å²) in [4.78, 5) is 24.9. The lowest BCUT2D eigenvalue weighted by molar-refractivity contribution is -0.120. The van der Waals surface area contributed by atoms with Gasteiger partial charge in [0.15, 0.2) is 17.2 Å². The van der Waals surface area contributed by atoms with Gasteiger partial charge in [-0.1, -0.05) is 19.3 Å². The zero-order chi connectivity index (χ0) is 18.8. The van der Waals surface area contributed by atoms with Crippen LogP contribution in [0.5, 0.6) is 11.5 Å². The van der Waals surface area contributed by atoms with Crippen LogP contribution in [0.3, 0.4) is 0 Å². The number of carbonyl (C=O) groups is 2. The minimum Gasteiger partial charge on any atom is -0.454 e. The summed E-state index contributed by atoms with van der Waals surface area (Å²) in [5, 5.41) is 9.89. The molecular formula is C19H22N4O4. The fraction of sp³-hybridized carbons (Fsp3) is 0.421. The largest absolute Gasteiger partial charge is 0.454 e. The Bertz CT molecular complexity index is 871. The van der Waals surface area contributed by atoms with E-state index in [0.717, 1.165) is 25.7 Å². The number of ether oxygens (including phenoxy) is 2. The van der Waals surface area contributed by atoms with E-state index in [2.05, 4.69) is 15.7 Å². The number of hydrogen-bond donors (Lipinski definition) is 2. The Balaban J connectivity index is 1.42. The zero-order valence-corrected chi connectivity index (χ0v) is 15.2. The molecule has 27 heavy (non-hydrogen) atoms. The van der Waals surface area contributed by atoms with Crippen molar-refractivity contribution in [2.75, 3.05) is 17.4 Å². The number of fused-ring (bicyclic) bond motifs is 1. The van der Waals surface area contributed by atoms with Crippen LogP contribution in [0.1, 0.15) is 42.6 Å². The summed E-state index contributed by atoms with van der Waals surface area (Å²) in [6.45, 7) is 0.178. The van der Waals surface area contributed by atoms with E-state index in [1.165, 1.54) is 11.1 Å². The molecule has 1 aromatic carbocycles. The van der Waals surface area contributed by atoms with Gasteiger partial charge >= 0.3 is 0 Å². The zero-order valence-electron chi connectivity index (χ0n) is 15.2. The normalized spacial score (nSPS) is 16.2. The van der Waals surface area contributed by atoms with Crippen LogP contribution < -0.4 is 20.1 Å². The van der Waals surface area contributed by atoms with Crippen LogP contribution in [0.2, 0.25) is 0 Å². The maximum absolute atomic E-state index is 12.5. The molecule has 0 atom stereocenters. The number of anilines is 2. The van der Waals surface area contributed by atoms with Crippen molar-refractivity contribution in [1.82, 2.24) is 9.78 Å². The van der Waals surface area contributed by atoms with Crippen molar-refractivity contribution in [3.63, 3.8) is 0 Å². The molecular weight excluding hydrogens is 348 g/mol. The second-order valence-corrected chi connectivity index (χ2v) is 6.88. The standard InChI is InChI=1S/C19H22N4O4/c1-23-17(21-18(24)12-5-3-2-4-6-12)10-14(22-23)19(25)20-13-7-8-15-16(9-13)27-11-26-15/h7-10,12H,2-6,11H2,1H3,(H,20,25)(H,21,24). The minimum absolute atomic E-state index is 0.000397. The number of nitrogens with one attached hydrogen (secondary N) is 2. The Labute approximate surface area is 156 Å². The molecule has 2 heterocycles. The van der Waals surface area contributed by atoms with Crippen LogP contribution >= 0.6 is 0 Å². The molecule has 2 aromatic rings. The predicted octanol–water partition coefficient (Wildman–Crippen LogP) is 2.92. The molecule has 2 amide bonds. The van der Waals surface area contributed by atoms with Gasteiger partial charge in [-0.15, -0.1) is 0 Å². The first kappa shape index (κ1) is 17.4. The number of rotatable bonds is 4. The SMILES string of the molecule is Cn1nc(C(=O)Nc2ccc3c(c2)OCO3)cc1NC(=O)C1CCCCC1. The number of aryl methyl sites for hydroxylation is 1. The van der Waals surface area contributed by atoms with Gasteiger partial charge in [-0.2, -0.15) is 5.10 Å². The van der Waals surface area contributed by atoms with Crippen molar-refractivity contribution < 1.29 is 19.1 Å². The molecule has 0 radical (unpaired) electrons. The molecule has 1 aromatic heterocycles. The van der Waals surface area contributed by atoms with E-state index in [1.54, 1.807) is 31.3 Å². The molecule has 0 saturated heterocycles. The number of benzene rings is 1. The molecule has 2 N–H and O–H groups in total. The van der Waals surface area contributed by atoms with Gasteiger partial charge in [-0.05, 0) is 25.0 Å². The highest BCUT2D eigenvalue weighted by Crippen LogP contribution is 2.34. The number of hydrogen-bond acceptors (Lipinski definition) is 5. The first-order valence-corrected chi connectivity index (χ1v) is 9.16. The Kier molecular flexibility index (Phi) is 4.70. The van der Waals surface area contributed by atoms with Crippen molar-refractivity contribution in [2.24, 2.45) is 13.0 Å². The molecule has 1 saturated carbocycles. The summed E-state index contributed by atoms with van der Waals surface area (Å²) in [6, 6.07) is 6.77. The third-order valence-electron chi connectivity index (χ3n) is 4.97. The average molecular weight is 370 g/mol. The van der Waals surface area contributed by atoms with E-state index < -0.39 is 0 Å². The van der Waals surface area contributed by atoms with E-state index in [9.17, 15) is 9.59 Å². The van der Waals surface area contributed by atoms with Crippen molar-refractivity contribution in [3.8, 4) is 11.5 Å². The van der Waals surface area contributed by atoms with E-state index in [0.29, 0.717) is 23.0 Å². The average Bonchev–Trinajstić information content (AvgIpc) is 3.29. The number of amides is 2. The number of nitrogens with zero attached hydrogens (tertiary/aromatic N) is 2. The fourth-order valence-electron chi connectivity index (χ4n) is 3.46. The van der Waals surface area contributed by atoms with Crippen LogP contribution in [0.4, 0.5) is 11.5 Å². The fourth-order valence-corrected chi connectivity index (χ4v) is 3.46. The molecule has 0 unspecified atom stereocenters. The third-order valence-corrected chi connectivity index (χ3v) is 4.97. The maximum atomic E-state index is 12.5. The van der Waals surface area contributed by atoms with E-state index >= 15 is 0 Å². The Morgan fingerprint density at radius 2 is 1.85 bits per heavy atom. The summed E-state index contributed by atoms with van der Waals surface area (Å²) in [7, 11) is 1.70. The van der Waals surface area contributed by atoms with Gasteiger partial charge in [0, 0.05) is 30.8 Å². The van der Waals surface area contributed by atoms with Crippen molar-refractivity contribution >= 4 is 23.3 Å². The molecule has 1 fully saturated rings. The first-order chi connectivity index (χ1) is 13.1. The van der Waals surface area contributed by atoms with Gasteiger partial charge < -0.3 is 20.1 Å². The summed E-state index contributed by atoms with van der Waals surface area (Å²) >= 11 is 0. The molecule has 1 aliphatic carbocycles. The van der Waals surface area contributed by atoms with Crippen molar-refractivity contribution in [1.29, 1.82) is 0 Å². The molecule has 0 bridgehead atoms. The smallest absolute Gasteiger partial charge is 0.276 e. The monoisotopic (exact) mass is 370 g/mol. The minimum atomic E-state index is -0.359. The first-order valence-electron chi connectivity index (χ1n) is 9.16. The highest BCUT2D eigenvalue weighted by atomic mass is 16.7. The van der Waals surface area contributed by atoms with Gasteiger partial charge in [0.2, 0.25) is 12.7 Å². The topological polar surface area (TPSA) is 94.5 Å². The Hall–Kier alpha value is -3.03. The lowest BCUT2D eigenvalue weighted by Gasteiger charge is -2.20. The Morgan fingerprint density at radius 3 is 2.67 bits per heavy atom. The van der Waals surface area contributed by atoms with Crippen LogP contribution in [0.25, 0.3) is 0 Å². The lowest BCUT2D eigenvalue weighted by Crippen LogP contribution is -2.25. The second-order valence-electron chi connectivity index (χ2n) is 6.88. The van der Waals surface area contributed by atoms with Gasteiger partial charge in [0.25, 0.3) is 5.91 Å². The van der Waals surface area contributed by atoms with Crippen molar-refractivity contribution in [3.05, 3.63) is 30.0 Å².